The van der Waals surface area contributed by atoms with Gasteiger partial charge in [-0.25, -0.2) is 4.79 Å². The first-order valence-electron chi connectivity index (χ1n) is 6.10. The third kappa shape index (κ3) is 3.07. The van der Waals surface area contributed by atoms with Crippen molar-refractivity contribution in [2.24, 2.45) is 5.92 Å². The summed E-state index contributed by atoms with van der Waals surface area (Å²) in [4.78, 5) is 13.1. The van der Waals surface area contributed by atoms with Crippen LogP contribution in [0.25, 0.3) is 0 Å². The molecule has 0 bridgehead atoms. The van der Waals surface area contributed by atoms with E-state index in [0.717, 1.165) is 12.5 Å². The minimum absolute atomic E-state index is 0.353. The molecule has 1 saturated carbocycles. The van der Waals surface area contributed by atoms with E-state index in [1.165, 1.54) is 18.4 Å². The standard InChI is InChI=1S/C14H19NO2/c1-10(12-7-8-12)15(2)9-11-3-5-13(6-4-11)14(16)17/h3-6,10,12H,7-9H2,1-2H3,(H,16,17). The third-order valence-corrected chi connectivity index (χ3v) is 3.63. The van der Waals surface area contributed by atoms with E-state index in [0.29, 0.717) is 11.6 Å². The molecule has 0 aliphatic heterocycles. The third-order valence-electron chi connectivity index (χ3n) is 3.63. The van der Waals surface area contributed by atoms with Crippen LogP contribution >= 0.6 is 0 Å². The number of carboxylic acids is 1. The van der Waals surface area contributed by atoms with Crippen molar-refractivity contribution in [1.29, 1.82) is 0 Å². The van der Waals surface area contributed by atoms with Gasteiger partial charge in [-0.3, -0.25) is 4.90 Å². The Labute approximate surface area is 102 Å². The van der Waals surface area contributed by atoms with Gasteiger partial charge in [0, 0.05) is 12.6 Å². The zero-order chi connectivity index (χ0) is 12.4. The maximum atomic E-state index is 10.7. The minimum Gasteiger partial charge on any atom is -0.478 e. The molecule has 3 heteroatoms. The van der Waals surface area contributed by atoms with Gasteiger partial charge in [0.2, 0.25) is 0 Å². The Hall–Kier alpha value is -1.35. The first kappa shape index (κ1) is 12.1. The molecule has 1 aliphatic carbocycles. The summed E-state index contributed by atoms with van der Waals surface area (Å²) < 4.78 is 0. The van der Waals surface area contributed by atoms with E-state index in [4.69, 9.17) is 5.11 Å². The van der Waals surface area contributed by atoms with Crippen LogP contribution in [0.5, 0.6) is 0 Å². The maximum Gasteiger partial charge on any atom is 0.335 e. The summed E-state index contributed by atoms with van der Waals surface area (Å²) in [5.74, 6) is -0.00505. The largest absolute Gasteiger partial charge is 0.478 e. The summed E-state index contributed by atoms with van der Waals surface area (Å²) >= 11 is 0. The van der Waals surface area contributed by atoms with Crippen molar-refractivity contribution in [2.45, 2.75) is 32.4 Å². The summed E-state index contributed by atoms with van der Waals surface area (Å²) in [6.07, 6.45) is 2.70. The van der Waals surface area contributed by atoms with Crippen LogP contribution in [0.1, 0.15) is 35.7 Å². The molecular formula is C14H19NO2. The molecule has 1 aliphatic rings. The fourth-order valence-corrected chi connectivity index (χ4v) is 2.12. The van der Waals surface area contributed by atoms with E-state index in [2.05, 4.69) is 18.9 Å². The summed E-state index contributed by atoms with van der Waals surface area (Å²) in [6.45, 7) is 3.15. The summed E-state index contributed by atoms with van der Waals surface area (Å²) in [5, 5.41) is 8.82. The predicted molar refractivity (Wildman–Crippen MR) is 67.1 cm³/mol. The van der Waals surface area contributed by atoms with Crippen LogP contribution in [0, 0.1) is 5.92 Å². The second-order valence-corrected chi connectivity index (χ2v) is 5.00. The summed E-state index contributed by atoms with van der Waals surface area (Å²) in [7, 11) is 2.13. The molecule has 1 fully saturated rings. The highest BCUT2D eigenvalue weighted by Gasteiger charge is 2.30. The van der Waals surface area contributed by atoms with Gasteiger partial charge >= 0.3 is 5.97 Å². The summed E-state index contributed by atoms with van der Waals surface area (Å²) in [5.41, 5.74) is 1.52. The Bertz CT molecular complexity index is 395. The van der Waals surface area contributed by atoms with Crippen molar-refractivity contribution in [1.82, 2.24) is 4.90 Å². The van der Waals surface area contributed by atoms with E-state index < -0.39 is 5.97 Å². The Morgan fingerprint density at radius 1 is 1.41 bits per heavy atom. The highest BCUT2D eigenvalue weighted by atomic mass is 16.4. The Morgan fingerprint density at radius 3 is 2.47 bits per heavy atom. The lowest BCUT2D eigenvalue weighted by Crippen LogP contribution is -2.30. The van der Waals surface area contributed by atoms with Crippen LogP contribution in [0.2, 0.25) is 0 Å². The molecule has 0 saturated heterocycles. The molecule has 0 aromatic heterocycles. The molecular weight excluding hydrogens is 214 g/mol. The van der Waals surface area contributed by atoms with Gasteiger partial charge in [-0.1, -0.05) is 12.1 Å². The molecule has 3 nitrogen and oxygen atoms in total. The van der Waals surface area contributed by atoms with E-state index in [1.54, 1.807) is 12.1 Å². The van der Waals surface area contributed by atoms with Gasteiger partial charge < -0.3 is 5.11 Å². The zero-order valence-electron chi connectivity index (χ0n) is 10.4. The van der Waals surface area contributed by atoms with Crippen molar-refractivity contribution >= 4 is 5.97 Å². The van der Waals surface area contributed by atoms with Crippen molar-refractivity contribution in [2.75, 3.05) is 7.05 Å². The normalized spacial score (nSPS) is 17.1. The highest BCUT2D eigenvalue weighted by molar-refractivity contribution is 5.87. The van der Waals surface area contributed by atoms with Gasteiger partial charge in [0.1, 0.15) is 0 Å². The number of hydrogen-bond acceptors (Lipinski definition) is 2. The Balaban J connectivity index is 1.95. The number of carbonyl (C=O) groups is 1. The quantitative estimate of drug-likeness (QED) is 0.850. The van der Waals surface area contributed by atoms with E-state index >= 15 is 0 Å². The summed E-state index contributed by atoms with van der Waals surface area (Å²) in [6, 6.07) is 7.77. The molecule has 1 atom stereocenters. The first-order chi connectivity index (χ1) is 8.08. The van der Waals surface area contributed by atoms with Crippen molar-refractivity contribution in [3.63, 3.8) is 0 Å². The maximum absolute atomic E-state index is 10.7. The predicted octanol–water partition coefficient (Wildman–Crippen LogP) is 2.62. The van der Waals surface area contributed by atoms with Gasteiger partial charge in [0.15, 0.2) is 0 Å². The van der Waals surface area contributed by atoms with Crippen LogP contribution in [-0.4, -0.2) is 29.1 Å². The monoisotopic (exact) mass is 233 g/mol. The molecule has 1 N–H and O–H groups in total. The van der Waals surface area contributed by atoms with Gasteiger partial charge in [-0.15, -0.1) is 0 Å². The van der Waals surface area contributed by atoms with Gasteiger partial charge in [0.05, 0.1) is 5.56 Å². The second kappa shape index (κ2) is 4.88. The molecule has 0 heterocycles. The average Bonchev–Trinajstić information content (AvgIpc) is 3.12. The van der Waals surface area contributed by atoms with Crippen molar-refractivity contribution in [3.05, 3.63) is 35.4 Å². The average molecular weight is 233 g/mol. The minimum atomic E-state index is -0.865. The topological polar surface area (TPSA) is 40.5 Å². The lowest BCUT2D eigenvalue weighted by molar-refractivity contribution is 0.0697. The lowest BCUT2D eigenvalue weighted by atomic mass is 10.1. The van der Waals surface area contributed by atoms with Crippen LogP contribution in [-0.2, 0) is 6.54 Å². The fraction of sp³-hybridized carbons (Fsp3) is 0.500. The highest BCUT2D eigenvalue weighted by Crippen LogP contribution is 2.35. The first-order valence-corrected chi connectivity index (χ1v) is 6.10. The SMILES string of the molecule is CC(C1CC1)N(C)Cc1ccc(C(=O)O)cc1. The van der Waals surface area contributed by atoms with Gasteiger partial charge in [0.25, 0.3) is 0 Å². The molecule has 17 heavy (non-hydrogen) atoms. The van der Waals surface area contributed by atoms with Crippen molar-refractivity contribution < 1.29 is 9.90 Å². The zero-order valence-corrected chi connectivity index (χ0v) is 10.4. The van der Waals surface area contributed by atoms with Crippen LogP contribution < -0.4 is 0 Å². The molecule has 1 unspecified atom stereocenters. The molecule has 1 aromatic rings. The lowest BCUT2D eigenvalue weighted by Gasteiger charge is -2.24. The number of carboxylic acid groups (broad SMARTS) is 1. The fourth-order valence-electron chi connectivity index (χ4n) is 2.12. The molecule has 0 amide bonds. The number of rotatable bonds is 5. The molecule has 0 radical (unpaired) electrons. The van der Waals surface area contributed by atoms with E-state index in [1.807, 2.05) is 12.1 Å². The Morgan fingerprint density at radius 2 is 2.00 bits per heavy atom. The van der Waals surface area contributed by atoms with Crippen molar-refractivity contribution in [3.8, 4) is 0 Å². The van der Waals surface area contributed by atoms with E-state index in [-0.39, 0.29) is 0 Å². The van der Waals surface area contributed by atoms with Crippen LogP contribution in [0.4, 0.5) is 0 Å². The smallest absolute Gasteiger partial charge is 0.335 e. The number of hydrogen-bond donors (Lipinski definition) is 1. The number of aromatic carboxylic acids is 1. The second-order valence-electron chi connectivity index (χ2n) is 5.00. The molecule has 92 valence electrons. The molecule has 0 spiro atoms. The Kier molecular flexibility index (Phi) is 3.48. The molecule has 2 rings (SSSR count). The van der Waals surface area contributed by atoms with Gasteiger partial charge in [-0.05, 0) is 50.4 Å². The van der Waals surface area contributed by atoms with Gasteiger partial charge in [-0.2, -0.15) is 0 Å². The van der Waals surface area contributed by atoms with Crippen LogP contribution in [0.3, 0.4) is 0 Å². The van der Waals surface area contributed by atoms with E-state index in [9.17, 15) is 4.79 Å². The number of nitrogens with zero attached hydrogens (tertiary/aromatic N) is 1. The number of benzene rings is 1. The van der Waals surface area contributed by atoms with Crippen LogP contribution in [0.15, 0.2) is 24.3 Å². The molecule has 1 aromatic carbocycles.